The molecule has 0 bridgehead atoms. The first-order chi connectivity index (χ1) is 13.9. The van der Waals surface area contributed by atoms with Gasteiger partial charge in [-0.1, -0.05) is 13.8 Å². The molecular formula is C22H29IN2O4S. The lowest BCUT2D eigenvalue weighted by Crippen LogP contribution is -2.41. The van der Waals surface area contributed by atoms with Crippen LogP contribution in [0.3, 0.4) is 0 Å². The van der Waals surface area contributed by atoms with E-state index in [0.717, 1.165) is 36.6 Å². The number of amides is 1. The number of hydrogen-bond acceptors (Lipinski definition) is 4. The van der Waals surface area contributed by atoms with Crippen molar-refractivity contribution in [1.82, 2.24) is 5.32 Å². The summed E-state index contributed by atoms with van der Waals surface area (Å²) in [7, 11) is -1.96. The molecule has 0 fully saturated rings. The zero-order valence-corrected chi connectivity index (χ0v) is 21.2. The van der Waals surface area contributed by atoms with Gasteiger partial charge in [0, 0.05) is 3.57 Å². The Bertz CT molecular complexity index is 1000. The van der Waals surface area contributed by atoms with E-state index in [1.807, 2.05) is 32.0 Å². The molecule has 0 aliphatic carbocycles. The maximum Gasteiger partial charge on any atom is 0.241 e. The highest BCUT2D eigenvalue weighted by molar-refractivity contribution is 14.1. The summed E-state index contributed by atoms with van der Waals surface area (Å²) in [5, 5.41) is 2.94. The Labute approximate surface area is 193 Å². The minimum Gasteiger partial charge on any atom is -0.496 e. The molecule has 1 unspecified atom stereocenters. The van der Waals surface area contributed by atoms with Gasteiger partial charge in [-0.15, -0.1) is 0 Å². The monoisotopic (exact) mass is 544 g/mol. The van der Waals surface area contributed by atoms with Gasteiger partial charge < -0.3 is 10.1 Å². The van der Waals surface area contributed by atoms with Crippen LogP contribution >= 0.6 is 22.6 Å². The summed E-state index contributed by atoms with van der Waals surface area (Å²) in [4.78, 5) is 12.7. The van der Waals surface area contributed by atoms with Gasteiger partial charge in [0.15, 0.2) is 0 Å². The molecule has 0 aromatic heterocycles. The first-order valence-corrected chi connectivity index (χ1v) is 12.6. The molecular weight excluding hydrogens is 515 g/mol. The number of carbonyl (C=O) groups excluding carboxylic acids is 1. The summed E-state index contributed by atoms with van der Waals surface area (Å²) in [6.45, 7) is 7.76. The molecule has 0 saturated heterocycles. The summed E-state index contributed by atoms with van der Waals surface area (Å²) >= 11 is 2.15. The van der Waals surface area contributed by atoms with Crippen LogP contribution in [-0.2, 0) is 14.8 Å². The van der Waals surface area contributed by atoms with Gasteiger partial charge in [0.2, 0.25) is 15.9 Å². The predicted octanol–water partition coefficient (Wildman–Crippen LogP) is 4.38. The highest BCUT2D eigenvalue weighted by Crippen LogP contribution is 2.32. The highest BCUT2D eigenvalue weighted by atomic mass is 127. The van der Waals surface area contributed by atoms with Crippen LogP contribution < -0.4 is 14.4 Å². The maximum absolute atomic E-state index is 12.7. The topological polar surface area (TPSA) is 75.7 Å². The highest BCUT2D eigenvalue weighted by Gasteiger charge is 2.23. The van der Waals surface area contributed by atoms with Crippen molar-refractivity contribution >= 4 is 44.2 Å². The Kier molecular flexibility index (Phi) is 8.15. The molecule has 30 heavy (non-hydrogen) atoms. The number of aryl methyl sites for hydroxylation is 1. The Morgan fingerprint density at radius 3 is 2.23 bits per heavy atom. The number of rotatable bonds is 8. The molecule has 0 aliphatic rings. The third kappa shape index (κ3) is 6.10. The summed E-state index contributed by atoms with van der Waals surface area (Å²) in [5.41, 5.74) is 3.51. The molecule has 8 heteroatoms. The molecule has 0 radical (unpaired) electrons. The summed E-state index contributed by atoms with van der Waals surface area (Å²) in [5.74, 6) is 0.725. The van der Waals surface area contributed by atoms with E-state index in [1.165, 1.54) is 0 Å². The molecule has 1 N–H and O–H groups in total. The van der Waals surface area contributed by atoms with Crippen LogP contribution in [0.1, 0.15) is 49.4 Å². The van der Waals surface area contributed by atoms with Crippen molar-refractivity contribution in [2.24, 2.45) is 0 Å². The van der Waals surface area contributed by atoms with Gasteiger partial charge in [-0.3, -0.25) is 9.10 Å². The first kappa shape index (κ1) is 24.5. The minimum absolute atomic E-state index is 0.267. The van der Waals surface area contributed by atoms with Gasteiger partial charge in [-0.2, -0.15) is 0 Å². The van der Waals surface area contributed by atoms with Gasteiger partial charge >= 0.3 is 0 Å². The molecule has 164 valence electrons. The minimum atomic E-state index is -3.61. The molecule has 2 aromatic rings. The van der Waals surface area contributed by atoms with Gasteiger partial charge in [-0.25, -0.2) is 8.42 Å². The molecule has 0 spiro atoms. The molecule has 1 amide bonds. The van der Waals surface area contributed by atoms with Crippen LogP contribution in [0, 0.1) is 10.5 Å². The summed E-state index contributed by atoms with van der Waals surface area (Å²) in [6, 6.07) is 10.8. The van der Waals surface area contributed by atoms with Crippen molar-refractivity contribution in [3.63, 3.8) is 0 Å². The number of nitrogens with one attached hydrogen (secondary N) is 1. The fraction of sp³-hybridized carbons (Fsp3) is 0.409. The van der Waals surface area contributed by atoms with Gasteiger partial charge in [-0.05, 0) is 95.4 Å². The van der Waals surface area contributed by atoms with Gasteiger partial charge in [0.25, 0.3) is 0 Å². The average molecular weight is 544 g/mol. The number of halogens is 1. The number of ether oxygens (including phenoxy) is 1. The number of nitrogens with zero attached hydrogens (tertiary/aromatic N) is 1. The largest absolute Gasteiger partial charge is 0.496 e. The molecule has 1 atom stereocenters. The van der Waals surface area contributed by atoms with E-state index in [2.05, 4.69) is 47.8 Å². The standard InChI is InChI=1S/C22H29IN2O4S/c1-14(2)19-12-20(15(3)11-21(19)29-5)16(4)24-22(26)13-25(30(6,27)28)18-9-7-17(23)8-10-18/h7-12,14,16H,13H2,1-6H3,(H,24,26). The van der Waals surface area contributed by atoms with Gasteiger partial charge in [0.1, 0.15) is 12.3 Å². The van der Waals surface area contributed by atoms with E-state index in [9.17, 15) is 13.2 Å². The van der Waals surface area contributed by atoms with E-state index >= 15 is 0 Å². The molecule has 6 nitrogen and oxygen atoms in total. The quantitative estimate of drug-likeness (QED) is 0.501. The molecule has 0 saturated carbocycles. The van der Waals surface area contributed by atoms with Crippen molar-refractivity contribution < 1.29 is 17.9 Å². The van der Waals surface area contributed by atoms with Crippen LogP contribution in [0.4, 0.5) is 5.69 Å². The fourth-order valence-corrected chi connectivity index (χ4v) is 4.53. The summed E-state index contributed by atoms with van der Waals surface area (Å²) < 4.78 is 32.2. The number of hydrogen-bond donors (Lipinski definition) is 1. The maximum atomic E-state index is 12.7. The molecule has 2 rings (SSSR count). The SMILES string of the molecule is COc1cc(C)c(C(C)NC(=O)CN(c2ccc(I)cc2)S(C)(=O)=O)cc1C(C)C. The smallest absolute Gasteiger partial charge is 0.241 e. The third-order valence-electron chi connectivity index (χ3n) is 4.89. The Balaban J connectivity index is 2.24. The van der Waals surface area contributed by atoms with E-state index in [0.29, 0.717) is 5.69 Å². The second-order valence-electron chi connectivity index (χ2n) is 7.64. The predicted molar refractivity (Wildman–Crippen MR) is 130 cm³/mol. The molecule has 0 heterocycles. The van der Waals surface area contributed by atoms with Crippen LogP contribution in [-0.4, -0.2) is 34.2 Å². The fourth-order valence-electron chi connectivity index (χ4n) is 3.31. The normalized spacial score (nSPS) is 12.5. The lowest BCUT2D eigenvalue weighted by atomic mass is 9.93. The van der Waals surface area contributed by atoms with Crippen molar-refractivity contribution in [3.8, 4) is 5.75 Å². The van der Waals surface area contributed by atoms with Crippen LogP contribution in [0.2, 0.25) is 0 Å². The molecule has 0 aliphatic heterocycles. The Hall–Kier alpha value is -1.81. The first-order valence-electron chi connectivity index (χ1n) is 9.65. The van der Waals surface area contributed by atoms with Crippen molar-refractivity contribution in [2.45, 2.75) is 39.7 Å². The van der Waals surface area contributed by atoms with E-state index in [-0.39, 0.29) is 24.4 Å². The zero-order valence-electron chi connectivity index (χ0n) is 18.2. The van der Waals surface area contributed by atoms with Crippen LogP contribution in [0.5, 0.6) is 5.75 Å². The van der Waals surface area contributed by atoms with Crippen molar-refractivity contribution in [1.29, 1.82) is 0 Å². The average Bonchev–Trinajstić information content (AvgIpc) is 2.65. The second-order valence-corrected chi connectivity index (χ2v) is 10.8. The number of carbonyl (C=O) groups is 1. The van der Waals surface area contributed by atoms with Crippen molar-refractivity contribution in [3.05, 3.63) is 56.7 Å². The number of sulfonamides is 1. The zero-order chi connectivity index (χ0) is 22.6. The van der Waals surface area contributed by atoms with Gasteiger partial charge in [0.05, 0.1) is 25.1 Å². The second kappa shape index (κ2) is 10.00. The Morgan fingerprint density at radius 1 is 1.13 bits per heavy atom. The van der Waals surface area contributed by atoms with Crippen molar-refractivity contribution in [2.75, 3.05) is 24.2 Å². The van der Waals surface area contributed by atoms with E-state index in [1.54, 1.807) is 19.2 Å². The Morgan fingerprint density at radius 2 is 1.73 bits per heavy atom. The number of methoxy groups -OCH3 is 1. The lowest BCUT2D eigenvalue weighted by Gasteiger charge is -2.24. The van der Waals surface area contributed by atoms with E-state index < -0.39 is 10.0 Å². The third-order valence-corrected chi connectivity index (χ3v) is 6.75. The van der Waals surface area contributed by atoms with Crippen LogP contribution in [0.25, 0.3) is 0 Å². The summed E-state index contributed by atoms with van der Waals surface area (Å²) in [6.07, 6.45) is 1.10. The van der Waals surface area contributed by atoms with E-state index in [4.69, 9.17) is 4.74 Å². The lowest BCUT2D eigenvalue weighted by molar-refractivity contribution is -0.120. The molecule has 2 aromatic carbocycles. The number of anilines is 1. The van der Waals surface area contributed by atoms with Crippen LogP contribution in [0.15, 0.2) is 36.4 Å². The number of benzene rings is 2.